The topological polar surface area (TPSA) is 33.1 Å². The minimum absolute atomic E-state index is 0.181. The Morgan fingerprint density at radius 2 is 2.19 bits per heavy atom. The van der Waals surface area contributed by atoms with Crippen LogP contribution in [0.4, 0.5) is 0 Å². The molecular weight excluding hydrogens is 198 g/mol. The first-order valence-corrected chi connectivity index (χ1v) is 5.81. The fourth-order valence-corrected chi connectivity index (χ4v) is 1.80. The quantitative estimate of drug-likeness (QED) is 0.850. The van der Waals surface area contributed by atoms with Gasteiger partial charge in [-0.15, -0.1) is 0 Å². The van der Waals surface area contributed by atoms with Crippen LogP contribution in [0.3, 0.4) is 0 Å². The molecule has 0 aliphatic carbocycles. The number of nitrogens with zero attached hydrogens (tertiary/aromatic N) is 1. The third-order valence-corrected chi connectivity index (χ3v) is 2.91. The van der Waals surface area contributed by atoms with Crippen molar-refractivity contribution < 1.29 is 5.11 Å². The van der Waals surface area contributed by atoms with Crippen molar-refractivity contribution in [2.75, 3.05) is 0 Å². The summed E-state index contributed by atoms with van der Waals surface area (Å²) in [6.45, 7) is 2.01. The molecule has 0 bridgehead atoms. The maximum atomic E-state index is 9.52. The predicted molar refractivity (Wildman–Crippen MR) is 66.4 cm³/mol. The maximum absolute atomic E-state index is 9.52. The molecule has 0 spiro atoms. The number of hydrogen-bond acceptors (Lipinski definition) is 2. The average molecular weight is 215 g/mol. The van der Waals surface area contributed by atoms with Crippen molar-refractivity contribution in [1.82, 2.24) is 4.98 Å². The van der Waals surface area contributed by atoms with E-state index in [1.807, 2.05) is 19.2 Å². The predicted octanol–water partition coefficient (Wildman–Crippen LogP) is 2.94. The summed E-state index contributed by atoms with van der Waals surface area (Å²) in [5, 5.41) is 10.7. The number of aryl methyl sites for hydroxylation is 1. The first kappa shape index (κ1) is 11.1. The fourth-order valence-electron chi connectivity index (χ4n) is 1.80. The monoisotopic (exact) mass is 215 g/mol. The van der Waals surface area contributed by atoms with Gasteiger partial charge in [0.15, 0.2) is 0 Å². The van der Waals surface area contributed by atoms with E-state index in [2.05, 4.69) is 29.2 Å². The van der Waals surface area contributed by atoms with Gasteiger partial charge in [0.2, 0.25) is 0 Å². The third-order valence-electron chi connectivity index (χ3n) is 2.91. The van der Waals surface area contributed by atoms with Crippen LogP contribution < -0.4 is 0 Å². The maximum Gasteiger partial charge on any atom is 0.0704 e. The molecule has 16 heavy (non-hydrogen) atoms. The Bertz CT molecular complexity index is 467. The van der Waals surface area contributed by atoms with Crippen molar-refractivity contribution in [3.05, 3.63) is 42.1 Å². The van der Waals surface area contributed by atoms with Gasteiger partial charge in [0, 0.05) is 11.6 Å². The molecule has 1 atom stereocenters. The number of rotatable bonds is 4. The number of aromatic nitrogens is 1. The van der Waals surface area contributed by atoms with E-state index in [1.165, 1.54) is 10.9 Å². The number of hydrogen-bond donors (Lipinski definition) is 1. The molecule has 0 fully saturated rings. The Labute approximate surface area is 96.0 Å². The lowest BCUT2D eigenvalue weighted by molar-refractivity contribution is 0.160. The molecule has 1 aromatic carbocycles. The minimum Gasteiger partial charge on any atom is -0.393 e. The average Bonchev–Trinajstić information content (AvgIpc) is 2.35. The zero-order chi connectivity index (χ0) is 11.4. The number of aliphatic hydroxyl groups excluding tert-OH is 1. The summed E-state index contributed by atoms with van der Waals surface area (Å²) in [7, 11) is 0. The minimum atomic E-state index is -0.181. The van der Waals surface area contributed by atoms with Gasteiger partial charge in [0.1, 0.15) is 0 Å². The van der Waals surface area contributed by atoms with Gasteiger partial charge in [0.05, 0.1) is 11.6 Å². The van der Waals surface area contributed by atoms with Crippen molar-refractivity contribution >= 4 is 10.9 Å². The molecule has 1 N–H and O–H groups in total. The van der Waals surface area contributed by atoms with E-state index in [0.29, 0.717) is 0 Å². The Morgan fingerprint density at radius 1 is 1.31 bits per heavy atom. The van der Waals surface area contributed by atoms with E-state index >= 15 is 0 Å². The fraction of sp³-hybridized carbons (Fsp3) is 0.357. The Balaban J connectivity index is 2.13. The van der Waals surface area contributed by atoms with Crippen LogP contribution >= 0.6 is 0 Å². The number of fused-ring (bicyclic) bond motifs is 1. The molecule has 1 unspecified atom stereocenters. The van der Waals surface area contributed by atoms with E-state index in [1.54, 1.807) is 0 Å². The first-order valence-electron chi connectivity index (χ1n) is 5.81. The molecule has 0 aliphatic rings. The van der Waals surface area contributed by atoms with E-state index in [9.17, 15) is 5.11 Å². The Morgan fingerprint density at radius 3 is 3.00 bits per heavy atom. The molecule has 0 saturated carbocycles. The van der Waals surface area contributed by atoms with Crippen molar-refractivity contribution in [3.63, 3.8) is 0 Å². The van der Waals surface area contributed by atoms with Gasteiger partial charge >= 0.3 is 0 Å². The molecule has 84 valence electrons. The highest BCUT2D eigenvalue weighted by Crippen LogP contribution is 2.15. The van der Waals surface area contributed by atoms with Crippen molar-refractivity contribution in [1.29, 1.82) is 0 Å². The van der Waals surface area contributed by atoms with E-state index in [0.717, 1.165) is 24.8 Å². The van der Waals surface area contributed by atoms with Gasteiger partial charge in [-0.3, -0.25) is 4.98 Å². The summed E-state index contributed by atoms with van der Waals surface area (Å²) in [4.78, 5) is 4.33. The van der Waals surface area contributed by atoms with Crippen LogP contribution in [0.5, 0.6) is 0 Å². The third kappa shape index (κ3) is 2.58. The highest BCUT2D eigenvalue weighted by atomic mass is 16.3. The number of aliphatic hydroxyl groups is 1. The summed E-state index contributed by atoms with van der Waals surface area (Å²) in [5.74, 6) is 0. The van der Waals surface area contributed by atoms with Gasteiger partial charge in [-0.2, -0.15) is 0 Å². The Kier molecular flexibility index (Phi) is 3.52. The molecule has 2 nitrogen and oxygen atoms in total. The molecule has 2 rings (SSSR count). The molecular formula is C14H17NO. The lowest BCUT2D eigenvalue weighted by atomic mass is 10.0. The molecule has 0 saturated heterocycles. The van der Waals surface area contributed by atoms with Gasteiger partial charge in [-0.1, -0.05) is 25.1 Å². The second-order valence-corrected chi connectivity index (χ2v) is 4.13. The standard InChI is InChI=1S/C14H17NO/c1-2-13(16)8-6-11-5-7-12-4-3-9-15-14(12)10-11/h3-5,7,9-10,13,16H,2,6,8H2,1H3. The molecule has 2 aromatic rings. The summed E-state index contributed by atoms with van der Waals surface area (Å²) in [6, 6.07) is 10.3. The molecule has 0 amide bonds. The zero-order valence-electron chi connectivity index (χ0n) is 9.56. The van der Waals surface area contributed by atoms with Crippen LogP contribution in [0.15, 0.2) is 36.5 Å². The largest absolute Gasteiger partial charge is 0.393 e. The van der Waals surface area contributed by atoms with Gasteiger partial charge < -0.3 is 5.11 Å². The highest BCUT2D eigenvalue weighted by molar-refractivity contribution is 5.78. The first-order chi connectivity index (χ1) is 7.79. The number of pyridine rings is 1. The van der Waals surface area contributed by atoms with Crippen LogP contribution in [0.25, 0.3) is 10.9 Å². The van der Waals surface area contributed by atoms with Crippen LogP contribution in [0.1, 0.15) is 25.3 Å². The smallest absolute Gasteiger partial charge is 0.0704 e. The van der Waals surface area contributed by atoms with Gasteiger partial charge in [0.25, 0.3) is 0 Å². The van der Waals surface area contributed by atoms with Crippen LogP contribution in [0.2, 0.25) is 0 Å². The Hall–Kier alpha value is -1.41. The summed E-state index contributed by atoms with van der Waals surface area (Å²) in [6.07, 6.45) is 4.20. The lowest BCUT2D eigenvalue weighted by Crippen LogP contribution is -2.05. The molecule has 1 heterocycles. The second-order valence-electron chi connectivity index (χ2n) is 4.13. The SMILES string of the molecule is CCC(O)CCc1ccc2cccnc2c1. The summed E-state index contributed by atoms with van der Waals surface area (Å²) in [5.41, 5.74) is 2.28. The molecule has 0 radical (unpaired) electrons. The zero-order valence-corrected chi connectivity index (χ0v) is 9.56. The van der Waals surface area contributed by atoms with Crippen molar-refractivity contribution in [2.45, 2.75) is 32.3 Å². The molecule has 2 heteroatoms. The van der Waals surface area contributed by atoms with E-state index in [-0.39, 0.29) is 6.10 Å². The van der Waals surface area contributed by atoms with E-state index in [4.69, 9.17) is 0 Å². The second kappa shape index (κ2) is 5.08. The summed E-state index contributed by atoms with van der Waals surface area (Å²) < 4.78 is 0. The highest BCUT2D eigenvalue weighted by Gasteiger charge is 2.02. The molecule has 0 aliphatic heterocycles. The van der Waals surface area contributed by atoms with Gasteiger partial charge in [-0.05, 0) is 37.0 Å². The number of benzene rings is 1. The van der Waals surface area contributed by atoms with Crippen LogP contribution in [-0.4, -0.2) is 16.2 Å². The van der Waals surface area contributed by atoms with Crippen LogP contribution in [0, 0.1) is 0 Å². The van der Waals surface area contributed by atoms with Crippen molar-refractivity contribution in [3.8, 4) is 0 Å². The van der Waals surface area contributed by atoms with E-state index < -0.39 is 0 Å². The van der Waals surface area contributed by atoms with Gasteiger partial charge in [-0.25, -0.2) is 0 Å². The summed E-state index contributed by atoms with van der Waals surface area (Å²) >= 11 is 0. The normalized spacial score (nSPS) is 12.9. The van der Waals surface area contributed by atoms with Crippen molar-refractivity contribution in [2.24, 2.45) is 0 Å². The lowest BCUT2D eigenvalue weighted by Gasteiger charge is -2.07. The molecule has 1 aromatic heterocycles. The van der Waals surface area contributed by atoms with Crippen LogP contribution in [-0.2, 0) is 6.42 Å².